The Morgan fingerprint density at radius 3 is 2.43 bits per heavy atom. The number of hydrogen-bond acceptors (Lipinski definition) is 2. The van der Waals surface area contributed by atoms with Gasteiger partial charge in [0.25, 0.3) is 0 Å². The van der Waals surface area contributed by atoms with Crippen molar-refractivity contribution in [2.45, 2.75) is 55.4 Å². The van der Waals surface area contributed by atoms with Gasteiger partial charge in [-0.1, -0.05) is 79.7 Å². The molecule has 2 aliphatic rings. The minimum absolute atomic E-state index is 0.0564. The van der Waals surface area contributed by atoms with Gasteiger partial charge in [-0.05, 0) is 72.1 Å². The van der Waals surface area contributed by atoms with Crippen LogP contribution in [0, 0.1) is 5.92 Å². The molecule has 1 saturated heterocycles. The maximum Gasteiger partial charge on any atom is 0.122 e. The molecule has 0 amide bonds. The molecule has 7 atom stereocenters. The first-order chi connectivity index (χ1) is 17.0. The number of fused-ring (bicyclic) bond motifs is 1. The van der Waals surface area contributed by atoms with Gasteiger partial charge in [-0.3, -0.25) is 4.90 Å². The molecule has 3 aromatic carbocycles. The number of nitrogens with zero attached hydrogens (tertiary/aromatic N) is 1. The fraction of sp³-hybridized carbons (Fsp3) is 0.419. The van der Waals surface area contributed by atoms with Crippen molar-refractivity contribution in [3.05, 3.63) is 101 Å². The van der Waals surface area contributed by atoms with Crippen LogP contribution in [-0.2, 0) is 11.8 Å². The van der Waals surface area contributed by atoms with Gasteiger partial charge in [0.15, 0.2) is 0 Å². The Morgan fingerprint density at radius 1 is 0.943 bits per heavy atom. The highest BCUT2D eigenvalue weighted by molar-refractivity contribution is 7.17. The van der Waals surface area contributed by atoms with Crippen LogP contribution < -0.4 is 4.74 Å². The van der Waals surface area contributed by atoms with Gasteiger partial charge in [-0.25, -0.2) is 0 Å². The van der Waals surface area contributed by atoms with E-state index in [1.807, 2.05) is 0 Å². The van der Waals surface area contributed by atoms with Gasteiger partial charge in [0, 0.05) is 23.7 Å². The van der Waals surface area contributed by atoms with Crippen molar-refractivity contribution in [3.63, 3.8) is 0 Å². The van der Waals surface area contributed by atoms with Crippen molar-refractivity contribution in [2.24, 2.45) is 5.92 Å². The summed E-state index contributed by atoms with van der Waals surface area (Å²) in [5.74, 6) is 2.72. The molecule has 1 aliphatic carbocycles. The van der Waals surface area contributed by atoms with Crippen molar-refractivity contribution >= 4 is 18.5 Å². The second-order valence-electron chi connectivity index (χ2n) is 10.5. The molecule has 5 rings (SSSR count). The Balaban J connectivity index is 1.38. The van der Waals surface area contributed by atoms with Gasteiger partial charge < -0.3 is 4.74 Å². The van der Waals surface area contributed by atoms with Crippen LogP contribution in [0.15, 0.2) is 78.9 Å². The number of rotatable bonds is 7. The number of ether oxygens (including phenoxy) is 1. The Kier molecular flexibility index (Phi) is 7.64. The predicted molar refractivity (Wildman–Crippen MR) is 155 cm³/mol. The highest BCUT2D eigenvalue weighted by Gasteiger charge is 2.45. The second-order valence-corrected chi connectivity index (χ2v) is 12.2. The Bertz CT molecular complexity index is 1130. The molecule has 1 fully saturated rings. The Morgan fingerprint density at radius 2 is 1.66 bits per heavy atom. The average molecular weight is 504 g/mol. The number of methoxy groups -OCH3 is 1. The molecule has 0 N–H and O–H groups in total. The van der Waals surface area contributed by atoms with E-state index in [1.165, 1.54) is 42.5 Å². The summed E-state index contributed by atoms with van der Waals surface area (Å²) in [6, 6.07) is 29.0. The molecule has 0 saturated carbocycles. The van der Waals surface area contributed by atoms with E-state index >= 15 is 0 Å². The first kappa shape index (κ1) is 25.0. The Hall–Kier alpha value is -1.72. The van der Waals surface area contributed by atoms with E-state index in [0.717, 1.165) is 18.7 Å². The molecule has 0 bridgehead atoms. The quantitative estimate of drug-likeness (QED) is 0.326. The standard InChI is InChI=1S/C31H39NOP2/c1-22(34)31(25-11-4-3-5-12-25)18-16-27(26-13-7-8-14-28(26)31)30(35)32-19-17-23(21-32)20-24-10-6-9-15-29(24)33-2/h3-15,22-23,27,30H,16-21,34-35H2,1-2H3/t22?,23?,27-,30?,31+/m1/s1. The summed E-state index contributed by atoms with van der Waals surface area (Å²) in [5, 5.41) is 0. The smallest absolute Gasteiger partial charge is 0.122 e. The summed E-state index contributed by atoms with van der Waals surface area (Å²) in [7, 11) is 8.16. The third-order valence-corrected chi connectivity index (χ3v) is 10.1. The van der Waals surface area contributed by atoms with E-state index in [2.05, 4.69) is 109 Å². The largest absolute Gasteiger partial charge is 0.496 e. The molecule has 1 heterocycles. The first-order valence-corrected chi connectivity index (χ1v) is 14.4. The summed E-state index contributed by atoms with van der Waals surface area (Å²) in [4.78, 5) is 2.73. The maximum atomic E-state index is 5.62. The summed E-state index contributed by atoms with van der Waals surface area (Å²) < 4.78 is 5.62. The van der Waals surface area contributed by atoms with Crippen LogP contribution in [-0.4, -0.2) is 36.5 Å². The fourth-order valence-corrected chi connectivity index (χ4v) is 7.97. The number of likely N-dealkylation sites (tertiary alicyclic amines) is 1. The van der Waals surface area contributed by atoms with E-state index in [1.54, 1.807) is 12.7 Å². The molecule has 0 aromatic heterocycles. The zero-order chi connectivity index (χ0) is 24.4. The number of benzene rings is 3. The van der Waals surface area contributed by atoms with Gasteiger partial charge >= 0.3 is 0 Å². The molecule has 0 spiro atoms. The second kappa shape index (κ2) is 10.7. The Labute approximate surface area is 216 Å². The van der Waals surface area contributed by atoms with Gasteiger partial charge in [-0.15, -0.1) is 18.5 Å². The van der Waals surface area contributed by atoms with E-state index in [4.69, 9.17) is 4.74 Å². The van der Waals surface area contributed by atoms with Crippen LogP contribution in [0.25, 0.3) is 0 Å². The zero-order valence-corrected chi connectivity index (χ0v) is 23.4. The topological polar surface area (TPSA) is 12.5 Å². The van der Waals surface area contributed by atoms with Crippen molar-refractivity contribution in [2.75, 3.05) is 20.2 Å². The normalized spacial score (nSPS) is 26.2. The summed E-state index contributed by atoms with van der Waals surface area (Å²) in [5.41, 5.74) is 6.39. The van der Waals surface area contributed by atoms with Gasteiger partial charge in [-0.2, -0.15) is 0 Å². The SMILES string of the molecule is COc1ccccc1CC1CCN(C(P)[C@@H]2CC[C@@](c3ccccc3)(C(C)P)c3ccccc32)C1. The van der Waals surface area contributed by atoms with Crippen LogP contribution in [0.3, 0.4) is 0 Å². The maximum absolute atomic E-state index is 5.62. The van der Waals surface area contributed by atoms with E-state index in [9.17, 15) is 0 Å². The van der Waals surface area contributed by atoms with Crippen molar-refractivity contribution in [1.29, 1.82) is 0 Å². The predicted octanol–water partition coefficient (Wildman–Crippen LogP) is 6.89. The highest BCUT2D eigenvalue weighted by Crippen LogP contribution is 2.53. The summed E-state index contributed by atoms with van der Waals surface area (Å²) in [6.07, 6.45) is 4.76. The van der Waals surface area contributed by atoms with Crippen LogP contribution in [0.1, 0.15) is 54.4 Å². The van der Waals surface area contributed by atoms with Crippen molar-refractivity contribution < 1.29 is 4.74 Å². The average Bonchev–Trinajstić information content (AvgIpc) is 3.37. The third kappa shape index (κ3) is 4.71. The van der Waals surface area contributed by atoms with E-state index in [-0.39, 0.29) is 5.41 Å². The molecule has 5 unspecified atom stereocenters. The fourth-order valence-electron chi connectivity index (χ4n) is 6.76. The molecule has 4 heteroatoms. The lowest BCUT2D eigenvalue weighted by Gasteiger charge is -2.47. The van der Waals surface area contributed by atoms with Crippen LogP contribution >= 0.6 is 18.5 Å². The van der Waals surface area contributed by atoms with E-state index in [0.29, 0.717) is 23.3 Å². The van der Waals surface area contributed by atoms with Crippen molar-refractivity contribution in [1.82, 2.24) is 4.90 Å². The molecule has 0 radical (unpaired) electrons. The van der Waals surface area contributed by atoms with Crippen molar-refractivity contribution in [3.8, 4) is 5.75 Å². The lowest BCUT2D eigenvalue weighted by Crippen LogP contribution is -2.43. The lowest BCUT2D eigenvalue weighted by atomic mass is 9.61. The summed E-state index contributed by atoms with van der Waals surface area (Å²) >= 11 is 0. The molecular weight excluding hydrogens is 464 g/mol. The molecular formula is C31H39NOP2. The van der Waals surface area contributed by atoms with Gasteiger partial charge in [0.05, 0.1) is 7.11 Å². The first-order valence-electron chi connectivity index (χ1n) is 13.1. The molecule has 3 aromatic rings. The van der Waals surface area contributed by atoms with Crippen LogP contribution in [0.5, 0.6) is 5.75 Å². The molecule has 35 heavy (non-hydrogen) atoms. The summed E-state index contributed by atoms with van der Waals surface area (Å²) in [6.45, 7) is 4.71. The van der Waals surface area contributed by atoms with E-state index < -0.39 is 0 Å². The van der Waals surface area contributed by atoms with Gasteiger partial charge in [0.2, 0.25) is 0 Å². The minimum Gasteiger partial charge on any atom is -0.496 e. The monoisotopic (exact) mass is 503 g/mol. The van der Waals surface area contributed by atoms with Crippen LogP contribution in [0.4, 0.5) is 0 Å². The van der Waals surface area contributed by atoms with Crippen LogP contribution in [0.2, 0.25) is 0 Å². The highest BCUT2D eigenvalue weighted by atomic mass is 31.0. The third-order valence-electron chi connectivity index (χ3n) is 8.61. The minimum atomic E-state index is 0.0564. The molecule has 1 aliphatic heterocycles. The molecule has 2 nitrogen and oxygen atoms in total. The number of para-hydroxylation sites is 1. The zero-order valence-electron chi connectivity index (χ0n) is 21.1. The lowest BCUT2D eigenvalue weighted by molar-refractivity contribution is 0.247. The molecule has 184 valence electrons. The van der Waals surface area contributed by atoms with Gasteiger partial charge in [0.1, 0.15) is 5.75 Å². The number of hydrogen-bond donors (Lipinski definition) is 0.